The summed E-state index contributed by atoms with van der Waals surface area (Å²) < 4.78 is 7.87. The van der Waals surface area contributed by atoms with Crippen molar-refractivity contribution in [2.24, 2.45) is 0 Å². The van der Waals surface area contributed by atoms with Crippen LogP contribution in [0.25, 0.3) is 0 Å². The number of aromatic nitrogens is 2. The largest absolute Gasteiger partial charge is 0.497 e. The Kier molecular flexibility index (Phi) is 6.03. The van der Waals surface area contributed by atoms with Crippen molar-refractivity contribution in [3.05, 3.63) is 63.6 Å². The van der Waals surface area contributed by atoms with E-state index in [0.29, 0.717) is 6.67 Å². The summed E-state index contributed by atoms with van der Waals surface area (Å²) in [6.45, 7) is 3.49. The second kappa shape index (κ2) is 8.44. The summed E-state index contributed by atoms with van der Waals surface area (Å²) in [4.78, 5) is 2.17. The maximum absolute atomic E-state index is 5.46. The number of hydrogen-bond donors (Lipinski definition) is 1. The summed E-state index contributed by atoms with van der Waals surface area (Å²) in [5.41, 5.74) is 3.43. The Hall–Kier alpha value is -2.22. The molecule has 1 N–H and O–H groups in total. The van der Waals surface area contributed by atoms with Gasteiger partial charge in [0.2, 0.25) is 5.13 Å². The molecule has 0 aliphatic rings. The number of nitrogens with one attached hydrogen (secondary N) is 1. The van der Waals surface area contributed by atoms with Gasteiger partial charge in [-0.2, -0.15) is 0 Å². The monoisotopic (exact) mass is 386 g/mol. The summed E-state index contributed by atoms with van der Waals surface area (Å²) >= 11 is 6.94. The highest BCUT2D eigenvalue weighted by Crippen LogP contribution is 2.21. The lowest BCUT2D eigenvalue weighted by Crippen LogP contribution is -2.22. The lowest BCUT2D eigenvalue weighted by atomic mass is 10.2. The number of rotatable bonds is 7. The highest BCUT2D eigenvalue weighted by atomic mass is 32.1. The summed E-state index contributed by atoms with van der Waals surface area (Å²) in [7, 11) is 3.73. The van der Waals surface area contributed by atoms with Crippen LogP contribution in [0.1, 0.15) is 11.1 Å². The third-order valence-corrected chi connectivity index (χ3v) is 5.09. The molecule has 0 unspecified atom stereocenters. The van der Waals surface area contributed by atoms with E-state index in [2.05, 4.69) is 40.4 Å². The lowest BCUT2D eigenvalue weighted by Gasteiger charge is -2.16. The quantitative estimate of drug-likeness (QED) is 0.590. The number of nitrogens with zero attached hydrogens (tertiary/aromatic N) is 3. The topological polar surface area (TPSA) is 42.3 Å². The summed E-state index contributed by atoms with van der Waals surface area (Å²) in [5, 5.41) is 8.71. The van der Waals surface area contributed by atoms with Gasteiger partial charge in [-0.3, -0.25) is 4.90 Å². The highest BCUT2D eigenvalue weighted by Gasteiger charge is 2.08. The van der Waals surface area contributed by atoms with Crippen LogP contribution < -0.4 is 10.1 Å². The van der Waals surface area contributed by atoms with Crippen molar-refractivity contribution in [1.82, 2.24) is 14.7 Å². The molecule has 0 atom stereocenters. The van der Waals surface area contributed by atoms with Gasteiger partial charge in [-0.1, -0.05) is 41.2 Å². The maximum atomic E-state index is 5.46. The van der Waals surface area contributed by atoms with E-state index in [1.165, 1.54) is 22.5 Å². The van der Waals surface area contributed by atoms with Crippen LogP contribution >= 0.6 is 23.6 Å². The summed E-state index contributed by atoms with van der Waals surface area (Å²) in [5.74, 6) is 0.866. The van der Waals surface area contributed by atoms with Crippen molar-refractivity contribution in [2.75, 3.05) is 19.5 Å². The van der Waals surface area contributed by atoms with Crippen molar-refractivity contribution in [1.29, 1.82) is 0 Å². The number of methoxy groups -OCH3 is 1. The first kappa shape index (κ1) is 18.6. The maximum Gasteiger partial charge on any atom is 0.209 e. The van der Waals surface area contributed by atoms with E-state index in [1.54, 1.807) is 7.11 Å². The standard InChI is InChI=1S/C19H22N4OS2/c1-14-7-9-16(10-8-14)20-18-21-23(19(25)26-18)13-22(2)12-15-5-4-6-17(11-15)24-3/h4-11H,12-13H2,1-3H3,(H,20,21). The van der Waals surface area contributed by atoms with Crippen molar-refractivity contribution < 1.29 is 4.74 Å². The van der Waals surface area contributed by atoms with Gasteiger partial charge in [0.15, 0.2) is 3.95 Å². The number of aryl methyl sites for hydroxylation is 1. The second-order valence-corrected chi connectivity index (χ2v) is 7.79. The molecule has 0 saturated heterocycles. The third kappa shape index (κ3) is 4.91. The Morgan fingerprint density at radius 1 is 1.23 bits per heavy atom. The number of ether oxygens (including phenoxy) is 1. The molecule has 136 valence electrons. The molecule has 7 heteroatoms. The molecule has 3 rings (SSSR count). The average Bonchev–Trinajstić information content (AvgIpc) is 2.96. The molecule has 0 fully saturated rings. The fourth-order valence-corrected chi connectivity index (χ4v) is 3.58. The molecule has 1 aromatic heterocycles. The van der Waals surface area contributed by atoms with Gasteiger partial charge in [0.1, 0.15) is 5.75 Å². The zero-order chi connectivity index (χ0) is 18.5. The van der Waals surface area contributed by atoms with Gasteiger partial charge in [-0.15, -0.1) is 5.10 Å². The molecule has 0 spiro atoms. The predicted octanol–water partition coefficient (Wildman–Crippen LogP) is 4.82. The lowest BCUT2D eigenvalue weighted by molar-refractivity contribution is 0.245. The number of benzene rings is 2. The Morgan fingerprint density at radius 2 is 2.00 bits per heavy atom. The molecule has 0 aliphatic heterocycles. The normalized spacial score (nSPS) is 10.9. The zero-order valence-electron chi connectivity index (χ0n) is 15.1. The molecule has 3 aromatic rings. The Balaban J connectivity index is 1.65. The Morgan fingerprint density at radius 3 is 2.73 bits per heavy atom. The van der Waals surface area contributed by atoms with Gasteiger partial charge in [0.05, 0.1) is 13.8 Å². The smallest absolute Gasteiger partial charge is 0.209 e. The van der Waals surface area contributed by atoms with E-state index >= 15 is 0 Å². The highest BCUT2D eigenvalue weighted by molar-refractivity contribution is 7.73. The summed E-state index contributed by atoms with van der Waals surface area (Å²) in [6, 6.07) is 16.3. The van der Waals surface area contributed by atoms with Crippen molar-refractivity contribution in [3.8, 4) is 5.75 Å². The first-order chi connectivity index (χ1) is 12.5. The van der Waals surface area contributed by atoms with Crippen molar-refractivity contribution in [3.63, 3.8) is 0 Å². The van der Waals surface area contributed by atoms with Gasteiger partial charge < -0.3 is 10.1 Å². The molecule has 26 heavy (non-hydrogen) atoms. The third-order valence-electron chi connectivity index (χ3n) is 3.87. The SMILES string of the molecule is COc1cccc(CN(C)Cn2nc(Nc3ccc(C)cc3)sc2=S)c1. The minimum absolute atomic E-state index is 0.627. The van der Waals surface area contributed by atoms with Gasteiger partial charge in [-0.25, -0.2) is 4.68 Å². The van der Waals surface area contributed by atoms with Crippen LogP contribution in [-0.4, -0.2) is 28.8 Å². The Labute approximate surface area is 162 Å². The molecule has 0 bridgehead atoms. The van der Waals surface area contributed by atoms with Gasteiger partial charge in [-0.05, 0) is 56.0 Å². The molecule has 0 aliphatic carbocycles. The molecule has 0 saturated carbocycles. The van der Waals surface area contributed by atoms with E-state index in [-0.39, 0.29) is 0 Å². The van der Waals surface area contributed by atoms with Crippen LogP contribution in [0.2, 0.25) is 0 Å². The van der Waals surface area contributed by atoms with E-state index in [4.69, 9.17) is 17.0 Å². The first-order valence-electron chi connectivity index (χ1n) is 8.26. The van der Waals surface area contributed by atoms with Crippen LogP contribution in [0.3, 0.4) is 0 Å². The van der Waals surface area contributed by atoms with Crippen LogP contribution in [0, 0.1) is 10.9 Å². The molecule has 5 nitrogen and oxygen atoms in total. The van der Waals surface area contributed by atoms with Gasteiger partial charge in [0, 0.05) is 12.2 Å². The van der Waals surface area contributed by atoms with Gasteiger partial charge in [0.25, 0.3) is 0 Å². The minimum atomic E-state index is 0.627. The molecule has 2 aromatic carbocycles. The Bertz CT molecular complexity index is 918. The average molecular weight is 387 g/mol. The van der Waals surface area contributed by atoms with Gasteiger partial charge >= 0.3 is 0 Å². The van der Waals surface area contributed by atoms with Crippen molar-refractivity contribution >= 4 is 34.4 Å². The minimum Gasteiger partial charge on any atom is -0.497 e. The van der Waals surface area contributed by atoms with Crippen LogP contribution in [0.4, 0.5) is 10.8 Å². The van der Waals surface area contributed by atoms with E-state index < -0.39 is 0 Å². The zero-order valence-corrected chi connectivity index (χ0v) is 16.7. The summed E-state index contributed by atoms with van der Waals surface area (Å²) in [6.07, 6.45) is 0. The first-order valence-corrected chi connectivity index (χ1v) is 9.49. The molecule has 1 heterocycles. The van der Waals surface area contributed by atoms with E-state index in [1.807, 2.05) is 42.1 Å². The molecule has 0 radical (unpaired) electrons. The van der Waals surface area contributed by atoms with Crippen molar-refractivity contribution in [2.45, 2.75) is 20.1 Å². The number of anilines is 2. The fourth-order valence-electron chi connectivity index (χ4n) is 2.57. The molecular formula is C19H22N4OS2. The molecular weight excluding hydrogens is 364 g/mol. The molecule has 0 amide bonds. The van der Waals surface area contributed by atoms with Crippen LogP contribution in [0.15, 0.2) is 48.5 Å². The number of hydrogen-bond acceptors (Lipinski definition) is 6. The van der Waals surface area contributed by atoms with E-state index in [9.17, 15) is 0 Å². The van der Waals surface area contributed by atoms with Crippen LogP contribution in [-0.2, 0) is 13.2 Å². The second-order valence-electron chi connectivity index (χ2n) is 6.17. The predicted molar refractivity (Wildman–Crippen MR) is 110 cm³/mol. The fraction of sp³-hybridized carbons (Fsp3) is 0.263. The van der Waals surface area contributed by atoms with E-state index in [0.717, 1.165) is 27.1 Å². The van der Waals surface area contributed by atoms with Crippen LogP contribution in [0.5, 0.6) is 5.75 Å².